The topological polar surface area (TPSA) is 156 Å². The van der Waals surface area contributed by atoms with Crippen LogP contribution < -0.4 is 10.5 Å². The third kappa shape index (κ3) is 4.36. The molecule has 0 aliphatic carbocycles. The molecule has 1 aromatic heterocycles. The van der Waals surface area contributed by atoms with Crippen molar-refractivity contribution < 1.29 is 33.2 Å². The summed E-state index contributed by atoms with van der Waals surface area (Å²) in [7, 11) is 2.54. The number of esters is 2. The van der Waals surface area contributed by atoms with Gasteiger partial charge in [0.05, 0.1) is 19.8 Å². The van der Waals surface area contributed by atoms with Gasteiger partial charge < -0.3 is 19.9 Å². The summed E-state index contributed by atoms with van der Waals surface area (Å²) in [5, 5.41) is 7.07. The number of methoxy groups -OCH3 is 2. The highest BCUT2D eigenvalue weighted by atomic mass is 16.6. The standard InChI is InChI=1S/C21H22N4O7/c1-10-15(20(27)29-3)17(16(11(2)23-10)21(28)30-4)12-6-5-7-13(8-12)31-9-14-18(19(22)26)25-32-24-14/h5-8,15,17H,9H2,1-4H3,(H2,22,26). The van der Waals surface area contributed by atoms with Gasteiger partial charge in [0.25, 0.3) is 5.91 Å². The van der Waals surface area contributed by atoms with Crippen LogP contribution in [0.2, 0.25) is 0 Å². The Balaban J connectivity index is 1.98. The molecule has 0 radical (unpaired) electrons. The van der Waals surface area contributed by atoms with Crippen LogP contribution in [0.1, 0.15) is 41.5 Å². The third-order valence-electron chi connectivity index (χ3n) is 5.07. The number of amides is 1. The average molecular weight is 442 g/mol. The molecule has 0 spiro atoms. The fourth-order valence-electron chi connectivity index (χ4n) is 3.64. The number of hydrogen-bond donors (Lipinski definition) is 1. The molecular formula is C21H22N4O7. The first-order valence-electron chi connectivity index (χ1n) is 9.54. The molecule has 1 aliphatic rings. The molecule has 11 heteroatoms. The minimum absolute atomic E-state index is 0.127. The van der Waals surface area contributed by atoms with Gasteiger partial charge in [-0.1, -0.05) is 17.3 Å². The lowest BCUT2D eigenvalue weighted by atomic mass is 9.75. The summed E-state index contributed by atoms with van der Waals surface area (Å²) >= 11 is 0. The van der Waals surface area contributed by atoms with Crippen molar-refractivity contribution in [2.45, 2.75) is 26.4 Å². The van der Waals surface area contributed by atoms with Crippen LogP contribution in [-0.4, -0.2) is 48.1 Å². The number of nitrogens with zero attached hydrogens (tertiary/aromatic N) is 3. The zero-order valence-corrected chi connectivity index (χ0v) is 17.9. The Bertz CT molecular complexity index is 1120. The number of primary amides is 1. The summed E-state index contributed by atoms with van der Waals surface area (Å²) in [6.45, 7) is 3.25. The van der Waals surface area contributed by atoms with Crippen molar-refractivity contribution in [3.63, 3.8) is 0 Å². The molecule has 32 heavy (non-hydrogen) atoms. The normalized spacial score (nSPS) is 18.1. The van der Waals surface area contributed by atoms with Crippen molar-refractivity contribution in [2.24, 2.45) is 16.6 Å². The van der Waals surface area contributed by atoms with Gasteiger partial charge in [0.2, 0.25) is 0 Å². The van der Waals surface area contributed by atoms with E-state index >= 15 is 0 Å². The SMILES string of the molecule is COC(=O)C1=C(C)N=C(C)C(C(=O)OC)C1c1cccc(OCc2nonc2C(N)=O)c1. The van der Waals surface area contributed by atoms with Gasteiger partial charge in [-0.2, -0.15) is 0 Å². The minimum Gasteiger partial charge on any atom is -0.487 e. The van der Waals surface area contributed by atoms with E-state index in [1.54, 1.807) is 38.1 Å². The second-order valence-electron chi connectivity index (χ2n) is 7.01. The van der Waals surface area contributed by atoms with E-state index < -0.39 is 29.7 Å². The van der Waals surface area contributed by atoms with Gasteiger partial charge in [-0.3, -0.25) is 14.6 Å². The van der Waals surface area contributed by atoms with Crippen LogP contribution in [0.25, 0.3) is 0 Å². The summed E-state index contributed by atoms with van der Waals surface area (Å²) in [4.78, 5) is 40.9. The van der Waals surface area contributed by atoms with Crippen LogP contribution in [-0.2, 0) is 25.7 Å². The molecule has 1 amide bonds. The highest BCUT2D eigenvalue weighted by Gasteiger charge is 2.42. The predicted octanol–water partition coefficient (Wildman–Crippen LogP) is 1.54. The van der Waals surface area contributed by atoms with Crippen molar-refractivity contribution in [1.29, 1.82) is 0 Å². The van der Waals surface area contributed by atoms with Crippen LogP contribution >= 0.6 is 0 Å². The first kappa shape index (κ1) is 22.7. The molecule has 2 atom stereocenters. The maximum Gasteiger partial charge on any atom is 0.336 e. The molecule has 0 saturated heterocycles. The number of aromatic nitrogens is 2. The molecule has 1 aliphatic heterocycles. The molecule has 0 fully saturated rings. The highest BCUT2D eigenvalue weighted by molar-refractivity contribution is 6.07. The molecule has 2 aromatic rings. The molecule has 2 unspecified atom stereocenters. The van der Waals surface area contributed by atoms with Gasteiger partial charge in [0.1, 0.15) is 18.3 Å². The van der Waals surface area contributed by atoms with E-state index in [1.165, 1.54) is 14.2 Å². The summed E-state index contributed by atoms with van der Waals surface area (Å²) < 4.78 is 20.2. The molecule has 2 N–H and O–H groups in total. The number of nitrogens with two attached hydrogens (primary N) is 1. The molecule has 168 valence electrons. The van der Waals surface area contributed by atoms with E-state index in [4.69, 9.17) is 19.9 Å². The predicted molar refractivity (Wildman–Crippen MR) is 110 cm³/mol. The monoisotopic (exact) mass is 442 g/mol. The van der Waals surface area contributed by atoms with Crippen molar-refractivity contribution in [3.8, 4) is 5.75 Å². The van der Waals surface area contributed by atoms with Gasteiger partial charge >= 0.3 is 11.9 Å². The Morgan fingerprint density at radius 1 is 1.12 bits per heavy atom. The van der Waals surface area contributed by atoms with E-state index in [0.29, 0.717) is 22.7 Å². The van der Waals surface area contributed by atoms with Gasteiger partial charge in [-0.05, 0) is 36.7 Å². The zero-order valence-electron chi connectivity index (χ0n) is 17.9. The number of rotatable bonds is 7. The molecule has 11 nitrogen and oxygen atoms in total. The van der Waals surface area contributed by atoms with E-state index in [2.05, 4.69) is 19.9 Å². The molecule has 1 aromatic carbocycles. The van der Waals surface area contributed by atoms with Gasteiger partial charge in [-0.15, -0.1) is 0 Å². The molecule has 0 saturated carbocycles. The number of ether oxygens (including phenoxy) is 3. The van der Waals surface area contributed by atoms with Crippen LogP contribution in [0.4, 0.5) is 0 Å². The van der Waals surface area contributed by atoms with E-state index in [1.807, 2.05) is 0 Å². The maximum atomic E-state index is 12.6. The van der Waals surface area contributed by atoms with E-state index in [0.717, 1.165) is 0 Å². The molecular weight excluding hydrogens is 420 g/mol. The number of carbonyl (C=O) groups is 3. The number of allylic oxidation sites excluding steroid dienone is 1. The summed E-state index contributed by atoms with van der Waals surface area (Å²) in [5.74, 6) is -3.05. The van der Waals surface area contributed by atoms with Crippen molar-refractivity contribution in [3.05, 3.63) is 52.5 Å². The minimum atomic E-state index is -0.825. The molecule has 3 rings (SSSR count). The Kier molecular flexibility index (Phi) is 6.67. The number of aliphatic imine (C=N–C) groups is 1. The summed E-state index contributed by atoms with van der Waals surface area (Å²) in [5.41, 5.74) is 7.07. The van der Waals surface area contributed by atoms with Crippen molar-refractivity contribution in [2.75, 3.05) is 14.2 Å². The van der Waals surface area contributed by atoms with Crippen LogP contribution in [0, 0.1) is 5.92 Å². The maximum absolute atomic E-state index is 12.6. The fraction of sp³-hybridized carbons (Fsp3) is 0.333. The third-order valence-corrected chi connectivity index (χ3v) is 5.07. The highest BCUT2D eigenvalue weighted by Crippen LogP contribution is 2.40. The van der Waals surface area contributed by atoms with E-state index in [-0.39, 0.29) is 23.6 Å². The largest absolute Gasteiger partial charge is 0.487 e. The summed E-state index contributed by atoms with van der Waals surface area (Å²) in [6.07, 6.45) is 0. The Hall–Kier alpha value is -4.02. The van der Waals surface area contributed by atoms with Crippen LogP contribution in [0.5, 0.6) is 5.75 Å². The smallest absolute Gasteiger partial charge is 0.336 e. The van der Waals surface area contributed by atoms with Crippen molar-refractivity contribution in [1.82, 2.24) is 10.3 Å². The lowest BCUT2D eigenvalue weighted by Gasteiger charge is -2.31. The van der Waals surface area contributed by atoms with Gasteiger partial charge in [-0.25, -0.2) is 9.42 Å². The van der Waals surface area contributed by atoms with E-state index in [9.17, 15) is 14.4 Å². The Morgan fingerprint density at radius 2 is 1.88 bits per heavy atom. The lowest BCUT2D eigenvalue weighted by Crippen LogP contribution is -2.36. The van der Waals surface area contributed by atoms with Crippen molar-refractivity contribution >= 4 is 23.6 Å². The first-order chi connectivity index (χ1) is 15.3. The second-order valence-corrected chi connectivity index (χ2v) is 7.01. The number of hydrogen-bond acceptors (Lipinski definition) is 10. The molecule has 2 heterocycles. The summed E-state index contributed by atoms with van der Waals surface area (Å²) in [6, 6.07) is 6.81. The van der Waals surface area contributed by atoms with Gasteiger partial charge in [0.15, 0.2) is 11.4 Å². The second kappa shape index (κ2) is 9.41. The van der Waals surface area contributed by atoms with Crippen LogP contribution in [0.3, 0.4) is 0 Å². The Morgan fingerprint density at radius 3 is 2.53 bits per heavy atom. The number of benzene rings is 1. The lowest BCUT2D eigenvalue weighted by molar-refractivity contribution is -0.143. The van der Waals surface area contributed by atoms with Crippen LogP contribution in [0.15, 0.2) is 45.2 Å². The fourth-order valence-corrected chi connectivity index (χ4v) is 3.64. The zero-order chi connectivity index (χ0) is 23.4. The average Bonchev–Trinajstić information content (AvgIpc) is 3.25. The first-order valence-corrected chi connectivity index (χ1v) is 9.54. The van der Waals surface area contributed by atoms with Gasteiger partial charge in [0, 0.05) is 17.3 Å². The number of carbonyl (C=O) groups excluding carboxylic acids is 3. The Labute approximate surface area is 183 Å². The molecule has 0 bridgehead atoms. The quantitative estimate of drug-likeness (QED) is 0.628.